The number of hydrogen-bond donors (Lipinski definition) is 0. The second-order valence-electron chi connectivity index (χ2n) is 7.35. The van der Waals surface area contributed by atoms with E-state index < -0.39 is 0 Å². The maximum atomic E-state index is 12.6. The lowest BCUT2D eigenvalue weighted by molar-refractivity contribution is -0.133. The summed E-state index contributed by atoms with van der Waals surface area (Å²) in [5.74, 6) is 0.819. The van der Waals surface area contributed by atoms with Gasteiger partial charge in [0.1, 0.15) is 0 Å². The van der Waals surface area contributed by atoms with Crippen LogP contribution in [0.2, 0.25) is 0 Å². The Morgan fingerprint density at radius 2 is 1.77 bits per heavy atom. The molecule has 2 saturated heterocycles. The molecule has 4 heteroatoms. The number of rotatable bonds is 3. The van der Waals surface area contributed by atoms with Crippen LogP contribution in [0.5, 0.6) is 0 Å². The highest BCUT2D eigenvalue weighted by Crippen LogP contribution is 2.24. The van der Waals surface area contributed by atoms with Gasteiger partial charge in [-0.25, -0.2) is 0 Å². The molecule has 0 aromatic rings. The first-order valence-corrected chi connectivity index (χ1v) is 9.42. The molecule has 3 fully saturated rings. The molecule has 22 heavy (non-hydrogen) atoms. The normalized spacial score (nSPS) is 29.3. The molecule has 2 heterocycles. The third kappa shape index (κ3) is 4.45. The maximum Gasteiger partial charge on any atom is 0.222 e. The van der Waals surface area contributed by atoms with Crippen molar-refractivity contribution in [2.75, 3.05) is 39.4 Å². The average Bonchev–Trinajstić information content (AvgIpc) is 2.83. The molecule has 0 spiro atoms. The van der Waals surface area contributed by atoms with Gasteiger partial charge in [-0.05, 0) is 38.0 Å². The van der Waals surface area contributed by atoms with E-state index in [1.807, 2.05) is 0 Å². The first-order chi connectivity index (χ1) is 10.8. The SMILES string of the molecule is O=C(C[C@H]1CCCOC1)N1CCCN(C2CCCCC2)CC1. The van der Waals surface area contributed by atoms with E-state index in [2.05, 4.69) is 9.80 Å². The van der Waals surface area contributed by atoms with Crippen LogP contribution < -0.4 is 0 Å². The van der Waals surface area contributed by atoms with E-state index in [9.17, 15) is 4.79 Å². The van der Waals surface area contributed by atoms with Crippen molar-refractivity contribution >= 4 is 5.91 Å². The van der Waals surface area contributed by atoms with Crippen LogP contribution in [0.15, 0.2) is 0 Å². The minimum atomic E-state index is 0.362. The fraction of sp³-hybridized carbons (Fsp3) is 0.944. The third-order valence-corrected chi connectivity index (χ3v) is 5.69. The van der Waals surface area contributed by atoms with Gasteiger partial charge in [-0.15, -0.1) is 0 Å². The van der Waals surface area contributed by atoms with Crippen LogP contribution >= 0.6 is 0 Å². The molecule has 0 bridgehead atoms. The highest BCUT2D eigenvalue weighted by molar-refractivity contribution is 5.76. The first kappa shape index (κ1) is 16.3. The van der Waals surface area contributed by atoms with E-state index in [0.717, 1.165) is 58.2 Å². The number of nitrogens with zero attached hydrogens (tertiary/aromatic N) is 2. The summed E-state index contributed by atoms with van der Waals surface area (Å²) >= 11 is 0. The highest BCUT2D eigenvalue weighted by atomic mass is 16.5. The fourth-order valence-electron chi connectivity index (χ4n) is 4.34. The Labute approximate surface area is 135 Å². The summed E-state index contributed by atoms with van der Waals surface area (Å²) in [4.78, 5) is 17.3. The Morgan fingerprint density at radius 3 is 2.55 bits per heavy atom. The van der Waals surface area contributed by atoms with Crippen molar-refractivity contribution in [1.82, 2.24) is 9.80 Å². The molecule has 0 aromatic heterocycles. The Kier molecular flexibility index (Phi) is 6.13. The van der Waals surface area contributed by atoms with Crippen molar-refractivity contribution in [3.05, 3.63) is 0 Å². The summed E-state index contributed by atoms with van der Waals surface area (Å²) in [5.41, 5.74) is 0. The fourth-order valence-corrected chi connectivity index (χ4v) is 4.34. The molecule has 0 aromatic carbocycles. The minimum Gasteiger partial charge on any atom is -0.381 e. The van der Waals surface area contributed by atoms with Gasteiger partial charge in [-0.2, -0.15) is 0 Å². The molecule has 1 aliphatic carbocycles. The zero-order valence-corrected chi connectivity index (χ0v) is 14.0. The summed E-state index contributed by atoms with van der Waals surface area (Å²) in [6.45, 7) is 5.82. The number of ether oxygens (including phenoxy) is 1. The van der Waals surface area contributed by atoms with E-state index >= 15 is 0 Å². The van der Waals surface area contributed by atoms with E-state index in [1.165, 1.54) is 38.6 Å². The predicted molar refractivity (Wildman–Crippen MR) is 87.8 cm³/mol. The van der Waals surface area contributed by atoms with E-state index in [-0.39, 0.29) is 0 Å². The molecule has 1 saturated carbocycles. The lowest BCUT2D eigenvalue weighted by atomic mass is 9.94. The highest BCUT2D eigenvalue weighted by Gasteiger charge is 2.26. The molecule has 0 N–H and O–H groups in total. The monoisotopic (exact) mass is 308 g/mol. The van der Waals surface area contributed by atoms with Crippen LogP contribution in [0.25, 0.3) is 0 Å². The Morgan fingerprint density at radius 1 is 0.909 bits per heavy atom. The lowest BCUT2D eigenvalue weighted by Crippen LogP contribution is -2.40. The summed E-state index contributed by atoms with van der Waals surface area (Å²) in [5, 5.41) is 0. The molecule has 1 atom stereocenters. The second-order valence-corrected chi connectivity index (χ2v) is 7.35. The van der Waals surface area contributed by atoms with Crippen LogP contribution in [0.1, 0.15) is 57.8 Å². The van der Waals surface area contributed by atoms with Crippen molar-refractivity contribution in [2.45, 2.75) is 63.8 Å². The van der Waals surface area contributed by atoms with Crippen molar-refractivity contribution in [1.29, 1.82) is 0 Å². The first-order valence-electron chi connectivity index (χ1n) is 9.42. The van der Waals surface area contributed by atoms with Gasteiger partial charge >= 0.3 is 0 Å². The number of amides is 1. The summed E-state index contributed by atoms with van der Waals surface area (Å²) < 4.78 is 5.51. The van der Waals surface area contributed by atoms with Crippen LogP contribution in [-0.2, 0) is 9.53 Å². The number of hydrogen-bond acceptors (Lipinski definition) is 3. The van der Waals surface area contributed by atoms with Crippen molar-refractivity contribution < 1.29 is 9.53 Å². The molecule has 3 rings (SSSR count). The van der Waals surface area contributed by atoms with Gasteiger partial charge in [-0.1, -0.05) is 19.3 Å². The maximum absolute atomic E-state index is 12.6. The van der Waals surface area contributed by atoms with Gasteiger partial charge in [0.2, 0.25) is 5.91 Å². The van der Waals surface area contributed by atoms with Gasteiger partial charge in [0.25, 0.3) is 0 Å². The predicted octanol–water partition coefficient (Wildman–Crippen LogP) is 2.67. The largest absolute Gasteiger partial charge is 0.381 e. The van der Waals surface area contributed by atoms with Crippen LogP contribution in [0.4, 0.5) is 0 Å². The third-order valence-electron chi connectivity index (χ3n) is 5.69. The average molecular weight is 308 g/mol. The van der Waals surface area contributed by atoms with Crippen LogP contribution in [0.3, 0.4) is 0 Å². The quantitative estimate of drug-likeness (QED) is 0.803. The van der Waals surface area contributed by atoms with Crippen LogP contribution in [-0.4, -0.2) is 61.1 Å². The van der Waals surface area contributed by atoms with Gasteiger partial charge in [-0.3, -0.25) is 9.69 Å². The standard InChI is InChI=1S/C18H32N2O2/c21-18(14-16-6-4-13-22-15-16)20-10-5-9-19(11-12-20)17-7-2-1-3-8-17/h16-17H,1-15H2/t16-/m1/s1. The smallest absolute Gasteiger partial charge is 0.222 e. The summed E-state index contributed by atoms with van der Waals surface area (Å²) in [6, 6.07) is 0.788. The minimum absolute atomic E-state index is 0.362. The molecule has 3 aliphatic rings. The Bertz CT molecular complexity index is 349. The van der Waals surface area contributed by atoms with Gasteiger partial charge in [0.05, 0.1) is 0 Å². The second kappa shape index (κ2) is 8.30. The Hall–Kier alpha value is -0.610. The van der Waals surface area contributed by atoms with Gasteiger partial charge in [0, 0.05) is 51.9 Å². The molecule has 2 aliphatic heterocycles. The summed E-state index contributed by atoms with van der Waals surface area (Å²) in [6.07, 6.45) is 11.1. The van der Waals surface area contributed by atoms with Crippen molar-refractivity contribution in [2.24, 2.45) is 5.92 Å². The lowest BCUT2D eigenvalue weighted by Gasteiger charge is -2.33. The van der Waals surface area contributed by atoms with Crippen molar-refractivity contribution in [3.63, 3.8) is 0 Å². The molecular weight excluding hydrogens is 276 g/mol. The molecule has 126 valence electrons. The number of carbonyl (C=O) groups is 1. The van der Waals surface area contributed by atoms with E-state index in [4.69, 9.17) is 4.74 Å². The molecule has 4 nitrogen and oxygen atoms in total. The van der Waals surface area contributed by atoms with Gasteiger partial charge in [0.15, 0.2) is 0 Å². The Balaban J connectivity index is 1.45. The molecule has 0 radical (unpaired) electrons. The topological polar surface area (TPSA) is 32.8 Å². The molecule has 1 amide bonds. The summed E-state index contributed by atoms with van der Waals surface area (Å²) in [7, 11) is 0. The number of carbonyl (C=O) groups excluding carboxylic acids is 1. The van der Waals surface area contributed by atoms with E-state index in [0.29, 0.717) is 18.2 Å². The molecular formula is C18H32N2O2. The van der Waals surface area contributed by atoms with Crippen molar-refractivity contribution in [3.8, 4) is 0 Å². The zero-order chi connectivity index (χ0) is 15.2. The van der Waals surface area contributed by atoms with Crippen LogP contribution in [0, 0.1) is 5.92 Å². The zero-order valence-electron chi connectivity index (χ0n) is 14.0. The van der Waals surface area contributed by atoms with Gasteiger partial charge < -0.3 is 9.64 Å². The van der Waals surface area contributed by atoms with E-state index in [1.54, 1.807) is 0 Å². The molecule has 0 unspecified atom stereocenters.